The molecule has 1 fully saturated rings. The maximum Gasteiger partial charge on any atom is 0.277 e. The summed E-state index contributed by atoms with van der Waals surface area (Å²) >= 11 is 0. The fraction of sp³-hybridized carbons (Fsp3) is 0.407. The van der Waals surface area contributed by atoms with Gasteiger partial charge in [0.1, 0.15) is 17.5 Å². The van der Waals surface area contributed by atoms with Crippen LogP contribution in [0.2, 0.25) is 0 Å². The minimum atomic E-state index is -1.20. The SMILES string of the molecule is CC(C)(C)c1ccc(N(C(=O)c2cnc[nH]2)C(C(=O)NC2CCCCC2)c2nccnc2C#N)cc1. The summed E-state index contributed by atoms with van der Waals surface area (Å²) in [5, 5.41) is 12.9. The predicted octanol–water partition coefficient (Wildman–Crippen LogP) is 4.21. The molecule has 1 saturated carbocycles. The van der Waals surface area contributed by atoms with Crippen molar-refractivity contribution < 1.29 is 9.59 Å². The van der Waals surface area contributed by atoms with E-state index in [4.69, 9.17) is 0 Å². The van der Waals surface area contributed by atoms with E-state index in [1.54, 1.807) is 0 Å². The summed E-state index contributed by atoms with van der Waals surface area (Å²) in [5.74, 6) is -0.860. The van der Waals surface area contributed by atoms with E-state index < -0.39 is 17.9 Å². The van der Waals surface area contributed by atoms with Crippen LogP contribution in [0, 0.1) is 11.3 Å². The monoisotopic (exact) mass is 485 g/mol. The first-order chi connectivity index (χ1) is 17.3. The number of nitrogens with zero attached hydrogens (tertiary/aromatic N) is 5. The highest BCUT2D eigenvalue weighted by molar-refractivity contribution is 6.09. The van der Waals surface area contributed by atoms with Crippen LogP contribution in [0.25, 0.3) is 0 Å². The van der Waals surface area contributed by atoms with Gasteiger partial charge in [-0.2, -0.15) is 5.26 Å². The summed E-state index contributed by atoms with van der Waals surface area (Å²) in [7, 11) is 0. The van der Waals surface area contributed by atoms with E-state index in [1.165, 1.54) is 29.8 Å². The molecule has 2 heterocycles. The van der Waals surface area contributed by atoms with Gasteiger partial charge in [0.2, 0.25) is 5.91 Å². The highest BCUT2D eigenvalue weighted by atomic mass is 16.2. The standard InChI is InChI=1S/C27H31N7O2/c1-27(2,3)18-9-11-20(12-10-18)34(26(36)22-16-29-17-32-22)24(23-21(15-28)30-13-14-31-23)25(35)33-19-7-5-4-6-8-19/h9-14,16-17,19,24H,4-8H2,1-3H3,(H,29,32)(H,33,35). The molecule has 2 aromatic heterocycles. The first kappa shape index (κ1) is 25.0. The maximum atomic E-state index is 13.9. The lowest BCUT2D eigenvalue weighted by Gasteiger charge is -2.33. The predicted molar refractivity (Wildman–Crippen MR) is 135 cm³/mol. The van der Waals surface area contributed by atoms with Crippen LogP contribution in [0.1, 0.15) is 86.4 Å². The molecule has 0 aliphatic heterocycles. The Balaban J connectivity index is 1.84. The summed E-state index contributed by atoms with van der Waals surface area (Å²) in [5.41, 5.74) is 1.83. The number of nitrogens with one attached hydrogen (secondary N) is 2. The maximum absolute atomic E-state index is 13.9. The Kier molecular flexibility index (Phi) is 7.44. The second-order valence-electron chi connectivity index (χ2n) is 10.1. The summed E-state index contributed by atoms with van der Waals surface area (Å²) in [6, 6.07) is 8.36. The molecule has 1 aliphatic carbocycles. The molecule has 1 unspecified atom stereocenters. The first-order valence-electron chi connectivity index (χ1n) is 12.2. The molecule has 0 saturated heterocycles. The average molecular weight is 486 g/mol. The van der Waals surface area contributed by atoms with Gasteiger partial charge in [0, 0.05) is 24.1 Å². The molecule has 2 N–H and O–H groups in total. The van der Waals surface area contributed by atoms with Crippen molar-refractivity contribution in [1.29, 1.82) is 5.26 Å². The van der Waals surface area contributed by atoms with E-state index in [-0.39, 0.29) is 28.5 Å². The number of carbonyl (C=O) groups is 2. The molecule has 0 spiro atoms. The Labute approximate surface area is 211 Å². The number of H-pyrrole nitrogens is 1. The van der Waals surface area contributed by atoms with Crippen molar-refractivity contribution in [3.8, 4) is 6.07 Å². The normalized spacial score (nSPS) is 15.1. The Morgan fingerprint density at radius 3 is 2.42 bits per heavy atom. The van der Waals surface area contributed by atoms with Gasteiger partial charge in [0.25, 0.3) is 5.91 Å². The first-order valence-corrected chi connectivity index (χ1v) is 12.2. The van der Waals surface area contributed by atoms with Crippen LogP contribution >= 0.6 is 0 Å². The lowest BCUT2D eigenvalue weighted by atomic mass is 9.87. The Bertz CT molecular complexity index is 1230. The zero-order chi connectivity index (χ0) is 25.7. The molecule has 186 valence electrons. The molecule has 0 bridgehead atoms. The lowest BCUT2D eigenvalue weighted by Crippen LogP contribution is -2.48. The van der Waals surface area contributed by atoms with Crippen molar-refractivity contribution in [2.24, 2.45) is 0 Å². The van der Waals surface area contributed by atoms with Crippen LogP contribution in [0.3, 0.4) is 0 Å². The highest BCUT2D eigenvalue weighted by Gasteiger charge is 2.38. The number of anilines is 1. The molecule has 0 radical (unpaired) electrons. The van der Waals surface area contributed by atoms with E-state index in [0.29, 0.717) is 5.69 Å². The van der Waals surface area contributed by atoms with Crippen molar-refractivity contribution in [2.45, 2.75) is 70.4 Å². The molecule has 9 heteroatoms. The number of amides is 2. The summed E-state index contributed by atoms with van der Waals surface area (Å²) in [4.78, 5) is 44.4. The minimum Gasteiger partial charge on any atom is -0.351 e. The van der Waals surface area contributed by atoms with Gasteiger partial charge in [-0.05, 0) is 36.0 Å². The van der Waals surface area contributed by atoms with Crippen molar-refractivity contribution in [2.75, 3.05) is 4.90 Å². The second kappa shape index (κ2) is 10.7. The van der Waals surface area contributed by atoms with Crippen molar-refractivity contribution >= 4 is 17.5 Å². The topological polar surface area (TPSA) is 128 Å². The Morgan fingerprint density at radius 2 is 1.81 bits per heavy atom. The zero-order valence-electron chi connectivity index (χ0n) is 20.9. The number of hydrogen-bond acceptors (Lipinski definition) is 6. The quantitative estimate of drug-likeness (QED) is 0.538. The fourth-order valence-corrected chi connectivity index (χ4v) is 4.53. The van der Waals surface area contributed by atoms with Gasteiger partial charge in [-0.3, -0.25) is 19.5 Å². The van der Waals surface area contributed by atoms with Crippen LogP contribution in [0.5, 0.6) is 0 Å². The van der Waals surface area contributed by atoms with Crippen molar-refractivity contribution in [1.82, 2.24) is 25.3 Å². The number of hydrogen-bond donors (Lipinski definition) is 2. The van der Waals surface area contributed by atoms with Crippen LogP contribution in [-0.2, 0) is 10.2 Å². The van der Waals surface area contributed by atoms with Crippen LogP contribution < -0.4 is 10.2 Å². The van der Waals surface area contributed by atoms with Crippen LogP contribution in [0.4, 0.5) is 5.69 Å². The number of imidazole rings is 1. The van der Waals surface area contributed by atoms with Gasteiger partial charge >= 0.3 is 0 Å². The number of carbonyl (C=O) groups excluding carboxylic acids is 2. The minimum absolute atomic E-state index is 0.00308. The summed E-state index contributed by atoms with van der Waals surface area (Å²) < 4.78 is 0. The van der Waals surface area contributed by atoms with Crippen molar-refractivity contribution in [3.05, 3.63) is 71.8 Å². The third-order valence-electron chi connectivity index (χ3n) is 6.51. The molecule has 1 atom stereocenters. The van der Waals surface area contributed by atoms with E-state index in [9.17, 15) is 14.9 Å². The van der Waals surface area contributed by atoms with Gasteiger partial charge in [-0.25, -0.2) is 9.97 Å². The van der Waals surface area contributed by atoms with Crippen molar-refractivity contribution in [3.63, 3.8) is 0 Å². The van der Waals surface area contributed by atoms with Gasteiger partial charge in [-0.1, -0.05) is 52.2 Å². The van der Waals surface area contributed by atoms with Crippen LogP contribution in [0.15, 0.2) is 49.2 Å². The van der Waals surface area contributed by atoms with E-state index >= 15 is 0 Å². The number of rotatable bonds is 6. The third-order valence-corrected chi connectivity index (χ3v) is 6.51. The molecule has 9 nitrogen and oxygen atoms in total. The third kappa shape index (κ3) is 5.43. The Morgan fingerprint density at radius 1 is 1.11 bits per heavy atom. The number of aromatic amines is 1. The second-order valence-corrected chi connectivity index (χ2v) is 10.1. The molecule has 4 rings (SSSR count). The lowest BCUT2D eigenvalue weighted by molar-refractivity contribution is -0.123. The molecule has 2 amide bonds. The molecule has 36 heavy (non-hydrogen) atoms. The number of nitriles is 1. The number of benzene rings is 1. The van der Waals surface area contributed by atoms with E-state index in [1.807, 2.05) is 30.3 Å². The van der Waals surface area contributed by atoms with Gasteiger partial charge in [-0.15, -0.1) is 0 Å². The average Bonchev–Trinajstić information content (AvgIpc) is 3.42. The molecule has 1 aliphatic rings. The highest BCUT2D eigenvalue weighted by Crippen LogP contribution is 2.32. The molecule has 3 aromatic rings. The smallest absolute Gasteiger partial charge is 0.277 e. The van der Waals surface area contributed by atoms with E-state index in [2.05, 4.69) is 46.0 Å². The van der Waals surface area contributed by atoms with E-state index in [0.717, 1.165) is 37.7 Å². The Hall–Kier alpha value is -4.06. The van der Waals surface area contributed by atoms with Gasteiger partial charge in [0.15, 0.2) is 11.7 Å². The molecular formula is C27H31N7O2. The number of aromatic nitrogens is 4. The largest absolute Gasteiger partial charge is 0.351 e. The van der Waals surface area contributed by atoms with Gasteiger partial charge < -0.3 is 10.3 Å². The molecule has 1 aromatic carbocycles. The fourth-order valence-electron chi connectivity index (χ4n) is 4.53. The summed E-state index contributed by atoms with van der Waals surface area (Å²) in [6.07, 6.45) is 10.6. The van der Waals surface area contributed by atoms with Crippen LogP contribution in [-0.4, -0.2) is 37.8 Å². The zero-order valence-corrected chi connectivity index (χ0v) is 20.9. The van der Waals surface area contributed by atoms with Gasteiger partial charge in [0.05, 0.1) is 12.5 Å². The summed E-state index contributed by atoms with van der Waals surface area (Å²) in [6.45, 7) is 6.32. The molecular weight excluding hydrogens is 454 g/mol.